The number of nitrogens with one attached hydrogen (secondary N) is 2. The molecular weight excluding hydrogens is 280 g/mol. The fourth-order valence-corrected chi connectivity index (χ4v) is 1.62. The molecule has 0 aliphatic rings. The van der Waals surface area contributed by atoms with Gasteiger partial charge in [0, 0.05) is 24.7 Å². The van der Waals surface area contributed by atoms with E-state index in [0.717, 1.165) is 12.5 Å². The Morgan fingerprint density at radius 1 is 1.24 bits per heavy atom. The first-order valence-corrected chi connectivity index (χ1v) is 6.34. The summed E-state index contributed by atoms with van der Waals surface area (Å²) in [5.41, 5.74) is -0.398. The Hall–Kier alpha value is -2.55. The van der Waals surface area contributed by atoms with Gasteiger partial charge >= 0.3 is 0 Å². The highest BCUT2D eigenvalue weighted by molar-refractivity contribution is 5.77. The Morgan fingerprint density at radius 2 is 1.95 bits per heavy atom. The fraction of sp³-hybridized carbons (Fsp3) is 0.417. The standard InChI is InChI=1S/C12H16N4O5/c1-2-5-14-12(17)8-13-7-9-3-4-10(15(18)19)6-11(9)16(20)21/h3-4,6,13H,2,5,7-8H2,1H3,(H,14,17). The number of hydrogen-bond acceptors (Lipinski definition) is 6. The molecule has 0 spiro atoms. The van der Waals surface area contributed by atoms with Crippen LogP contribution in [0.25, 0.3) is 0 Å². The third-order valence-corrected chi connectivity index (χ3v) is 2.65. The Kier molecular flexibility index (Phi) is 6.21. The van der Waals surface area contributed by atoms with Gasteiger partial charge in [0.05, 0.1) is 22.5 Å². The summed E-state index contributed by atoms with van der Waals surface area (Å²) >= 11 is 0. The smallest absolute Gasteiger partial charge is 0.280 e. The number of non-ortho nitro benzene ring substituents is 1. The zero-order chi connectivity index (χ0) is 15.8. The van der Waals surface area contributed by atoms with Crippen molar-refractivity contribution in [2.75, 3.05) is 13.1 Å². The van der Waals surface area contributed by atoms with Crippen LogP contribution in [0, 0.1) is 20.2 Å². The Bertz CT molecular complexity index is 546. The minimum absolute atomic E-state index is 0.0220. The van der Waals surface area contributed by atoms with Crippen LogP contribution in [0.15, 0.2) is 18.2 Å². The van der Waals surface area contributed by atoms with Gasteiger partial charge in [-0.15, -0.1) is 0 Å². The highest BCUT2D eigenvalue weighted by Gasteiger charge is 2.19. The van der Waals surface area contributed by atoms with E-state index in [1.807, 2.05) is 6.92 Å². The first-order valence-electron chi connectivity index (χ1n) is 6.34. The van der Waals surface area contributed by atoms with E-state index < -0.39 is 9.85 Å². The topological polar surface area (TPSA) is 127 Å². The highest BCUT2D eigenvalue weighted by Crippen LogP contribution is 2.24. The molecule has 0 saturated heterocycles. The minimum Gasteiger partial charge on any atom is -0.355 e. The van der Waals surface area contributed by atoms with Crippen molar-refractivity contribution < 1.29 is 14.6 Å². The molecule has 0 aliphatic carbocycles. The Labute approximate surface area is 120 Å². The molecule has 0 fully saturated rings. The number of carbonyl (C=O) groups is 1. The van der Waals surface area contributed by atoms with E-state index in [4.69, 9.17) is 0 Å². The molecule has 1 aromatic carbocycles. The molecule has 0 aromatic heterocycles. The van der Waals surface area contributed by atoms with Crippen LogP contribution in [0.1, 0.15) is 18.9 Å². The molecule has 0 unspecified atom stereocenters. The fourth-order valence-electron chi connectivity index (χ4n) is 1.62. The Balaban J connectivity index is 2.68. The quantitative estimate of drug-likeness (QED) is 0.546. The van der Waals surface area contributed by atoms with Crippen molar-refractivity contribution in [1.29, 1.82) is 0 Å². The van der Waals surface area contributed by atoms with Crippen molar-refractivity contribution in [1.82, 2.24) is 10.6 Å². The number of carbonyl (C=O) groups excluding carboxylic acids is 1. The van der Waals surface area contributed by atoms with Gasteiger partial charge in [0.2, 0.25) is 5.91 Å². The van der Waals surface area contributed by atoms with Gasteiger partial charge in [-0.05, 0) is 12.5 Å². The maximum Gasteiger partial charge on any atom is 0.280 e. The number of amides is 1. The summed E-state index contributed by atoms with van der Waals surface area (Å²) in [5.74, 6) is -0.207. The van der Waals surface area contributed by atoms with Crippen LogP contribution >= 0.6 is 0 Å². The van der Waals surface area contributed by atoms with E-state index in [1.165, 1.54) is 12.1 Å². The number of rotatable bonds is 8. The van der Waals surface area contributed by atoms with Gasteiger partial charge in [-0.1, -0.05) is 6.92 Å². The van der Waals surface area contributed by atoms with Gasteiger partial charge in [-0.3, -0.25) is 25.0 Å². The van der Waals surface area contributed by atoms with Crippen LogP contribution in [0.4, 0.5) is 11.4 Å². The van der Waals surface area contributed by atoms with Crippen molar-refractivity contribution in [3.05, 3.63) is 44.0 Å². The molecule has 1 amide bonds. The molecule has 0 heterocycles. The Morgan fingerprint density at radius 3 is 2.52 bits per heavy atom. The van der Waals surface area contributed by atoms with Gasteiger partial charge in [0.15, 0.2) is 0 Å². The van der Waals surface area contributed by atoms with E-state index in [1.54, 1.807) is 0 Å². The molecule has 0 atom stereocenters. The predicted molar refractivity (Wildman–Crippen MR) is 74.8 cm³/mol. The lowest BCUT2D eigenvalue weighted by Gasteiger charge is -2.06. The minimum atomic E-state index is -0.692. The van der Waals surface area contributed by atoms with Crippen molar-refractivity contribution in [2.24, 2.45) is 0 Å². The number of benzene rings is 1. The van der Waals surface area contributed by atoms with E-state index in [0.29, 0.717) is 6.54 Å². The maximum atomic E-state index is 11.4. The van der Waals surface area contributed by atoms with Crippen molar-refractivity contribution in [3.8, 4) is 0 Å². The van der Waals surface area contributed by atoms with E-state index in [-0.39, 0.29) is 35.9 Å². The average molecular weight is 296 g/mol. The van der Waals surface area contributed by atoms with Crippen LogP contribution in [-0.2, 0) is 11.3 Å². The van der Waals surface area contributed by atoms with Crippen LogP contribution < -0.4 is 10.6 Å². The number of nitro benzene ring substituents is 2. The molecule has 114 valence electrons. The number of nitrogens with zero attached hydrogens (tertiary/aromatic N) is 2. The van der Waals surface area contributed by atoms with Gasteiger partial charge in [0.25, 0.3) is 11.4 Å². The lowest BCUT2D eigenvalue weighted by molar-refractivity contribution is -0.394. The molecule has 1 rings (SSSR count). The molecule has 0 bridgehead atoms. The molecule has 0 aliphatic heterocycles. The first-order chi connectivity index (χ1) is 9.95. The summed E-state index contributed by atoms with van der Waals surface area (Å²) in [6, 6.07) is 3.42. The SMILES string of the molecule is CCCNC(=O)CNCc1ccc([N+](=O)[O-])cc1[N+](=O)[O-]. The summed E-state index contributed by atoms with van der Waals surface area (Å²) in [6.07, 6.45) is 0.819. The first kappa shape index (κ1) is 16.5. The average Bonchev–Trinajstić information content (AvgIpc) is 2.44. The largest absolute Gasteiger partial charge is 0.355 e. The molecule has 0 saturated carbocycles. The van der Waals surface area contributed by atoms with Crippen molar-refractivity contribution in [2.45, 2.75) is 19.9 Å². The lowest BCUT2D eigenvalue weighted by atomic mass is 10.1. The summed E-state index contributed by atoms with van der Waals surface area (Å²) in [6.45, 7) is 2.59. The molecule has 1 aromatic rings. The van der Waals surface area contributed by atoms with Crippen LogP contribution in [0.3, 0.4) is 0 Å². The number of hydrogen-bond donors (Lipinski definition) is 2. The molecular formula is C12H16N4O5. The summed E-state index contributed by atoms with van der Waals surface area (Å²) < 4.78 is 0. The van der Waals surface area contributed by atoms with Gasteiger partial charge < -0.3 is 10.6 Å². The summed E-state index contributed by atoms with van der Waals surface area (Å²) in [5, 5.41) is 26.9. The highest BCUT2D eigenvalue weighted by atomic mass is 16.6. The van der Waals surface area contributed by atoms with E-state index in [2.05, 4.69) is 10.6 Å². The van der Waals surface area contributed by atoms with Gasteiger partial charge in [-0.25, -0.2) is 0 Å². The summed E-state index contributed by atoms with van der Waals surface area (Å²) in [4.78, 5) is 31.5. The number of nitro groups is 2. The second-order valence-corrected chi connectivity index (χ2v) is 4.28. The predicted octanol–water partition coefficient (Wildman–Crippen LogP) is 1.12. The molecule has 21 heavy (non-hydrogen) atoms. The molecule has 2 N–H and O–H groups in total. The second kappa shape index (κ2) is 7.90. The molecule has 9 nitrogen and oxygen atoms in total. The van der Waals surface area contributed by atoms with Crippen molar-refractivity contribution >= 4 is 17.3 Å². The summed E-state index contributed by atoms with van der Waals surface area (Å²) in [7, 11) is 0. The zero-order valence-corrected chi connectivity index (χ0v) is 11.5. The van der Waals surface area contributed by atoms with Crippen LogP contribution in [-0.4, -0.2) is 28.8 Å². The van der Waals surface area contributed by atoms with Gasteiger partial charge in [-0.2, -0.15) is 0 Å². The third-order valence-electron chi connectivity index (χ3n) is 2.65. The van der Waals surface area contributed by atoms with Gasteiger partial charge in [0.1, 0.15) is 0 Å². The van der Waals surface area contributed by atoms with Crippen LogP contribution in [0.5, 0.6) is 0 Å². The van der Waals surface area contributed by atoms with Crippen LogP contribution in [0.2, 0.25) is 0 Å². The molecule has 0 radical (unpaired) electrons. The monoisotopic (exact) mass is 296 g/mol. The van der Waals surface area contributed by atoms with E-state index >= 15 is 0 Å². The zero-order valence-electron chi connectivity index (χ0n) is 11.5. The lowest BCUT2D eigenvalue weighted by Crippen LogP contribution is -2.34. The normalized spacial score (nSPS) is 10.1. The van der Waals surface area contributed by atoms with E-state index in [9.17, 15) is 25.0 Å². The van der Waals surface area contributed by atoms with Crippen molar-refractivity contribution in [3.63, 3.8) is 0 Å². The maximum absolute atomic E-state index is 11.4. The third kappa shape index (κ3) is 5.15. The second-order valence-electron chi connectivity index (χ2n) is 4.28. The molecule has 9 heteroatoms.